The normalized spacial score (nSPS) is 18.4. The van der Waals surface area contributed by atoms with Gasteiger partial charge in [0.2, 0.25) is 0 Å². The molecule has 4 nitrogen and oxygen atoms in total. The van der Waals surface area contributed by atoms with Gasteiger partial charge in [-0.3, -0.25) is 4.79 Å². The maximum Gasteiger partial charge on any atom is 0.153 e. The van der Waals surface area contributed by atoms with Crippen LogP contribution in [0.25, 0.3) is 5.69 Å². The van der Waals surface area contributed by atoms with Gasteiger partial charge in [0, 0.05) is 18.7 Å². The first kappa shape index (κ1) is 13.1. The van der Waals surface area contributed by atoms with Crippen LogP contribution in [-0.4, -0.2) is 29.3 Å². The van der Waals surface area contributed by atoms with Crippen LogP contribution in [0.5, 0.6) is 0 Å². The Labute approximate surface area is 118 Å². The molecule has 2 aromatic rings. The molecule has 1 aliphatic heterocycles. The summed E-state index contributed by atoms with van der Waals surface area (Å²) in [5.74, 6) is 0.238. The number of nitrogens with zero attached hydrogens (tertiary/aromatic N) is 2. The lowest BCUT2D eigenvalue weighted by molar-refractivity contribution is 0.112. The number of benzene rings is 1. The average Bonchev–Trinajstić information content (AvgIpc) is 3.07. The summed E-state index contributed by atoms with van der Waals surface area (Å²) >= 11 is 0. The van der Waals surface area contributed by atoms with E-state index in [1.807, 2.05) is 16.9 Å². The number of aldehydes is 1. The average molecular weight is 270 g/mol. The lowest BCUT2D eigenvalue weighted by Gasteiger charge is -2.07. The molecule has 1 unspecified atom stereocenters. The summed E-state index contributed by atoms with van der Waals surface area (Å²) in [5.41, 5.74) is 4.92. The van der Waals surface area contributed by atoms with E-state index in [1.54, 1.807) is 0 Å². The van der Waals surface area contributed by atoms with E-state index >= 15 is 0 Å². The van der Waals surface area contributed by atoms with Crippen LogP contribution in [0.1, 0.15) is 39.5 Å². The summed E-state index contributed by atoms with van der Waals surface area (Å²) in [6.45, 7) is 5.53. The van der Waals surface area contributed by atoms with Crippen molar-refractivity contribution in [1.82, 2.24) is 9.78 Å². The molecule has 1 aromatic heterocycles. The minimum Gasteiger partial charge on any atom is -0.381 e. The molecular weight excluding hydrogens is 252 g/mol. The summed E-state index contributed by atoms with van der Waals surface area (Å²) in [5, 5.41) is 4.63. The van der Waals surface area contributed by atoms with Gasteiger partial charge in [-0.25, -0.2) is 4.68 Å². The zero-order valence-electron chi connectivity index (χ0n) is 11.8. The third-order valence-electron chi connectivity index (χ3n) is 3.82. The van der Waals surface area contributed by atoms with Crippen molar-refractivity contribution in [2.24, 2.45) is 0 Å². The lowest BCUT2D eigenvalue weighted by Crippen LogP contribution is -2.03. The van der Waals surface area contributed by atoms with Crippen LogP contribution in [0.15, 0.2) is 24.4 Å². The van der Waals surface area contributed by atoms with E-state index in [2.05, 4.69) is 31.1 Å². The van der Waals surface area contributed by atoms with E-state index in [0.717, 1.165) is 36.3 Å². The van der Waals surface area contributed by atoms with Gasteiger partial charge in [-0.1, -0.05) is 17.7 Å². The Morgan fingerprint density at radius 3 is 2.90 bits per heavy atom. The Hall–Kier alpha value is -1.94. The van der Waals surface area contributed by atoms with E-state index in [0.29, 0.717) is 12.2 Å². The minimum absolute atomic E-state index is 0.238. The number of rotatable bonds is 3. The van der Waals surface area contributed by atoms with E-state index in [1.165, 1.54) is 5.56 Å². The van der Waals surface area contributed by atoms with Crippen molar-refractivity contribution in [2.45, 2.75) is 26.2 Å². The molecule has 1 aliphatic rings. The molecule has 0 radical (unpaired) electrons. The smallest absolute Gasteiger partial charge is 0.153 e. The Kier molecular flexibility index (Phi) is 3.40. The Balaban J connectivity index is 2.04. The quantitative estimate of drug-likeness (QED) is 0.806. The summed E-state index contributed by atoms with van der Waals surface area (Å²) in [6, 6.07) is 6.22. The SMILES string of the molecule is Cc1ccc(-n2cc(C=O)c(C3CCOC3)n2)c(C)c1. The van der Waals surface area contributed by atoms with Crippen molar-refractivity contribution >= 4 is 6.29 Å². The number of ether oxygens (including phenoxy) is 1. The zero-order chi connectivity index (χ0) is 14.1. The molecule has 20 heavy (non-hydrogen) atoms. The van der Waals surface area contributed by atoms with Crippen LogP contribution in [0, 0.1) is 13.8 Å². The highest BCUT2D eigenvalue weighted by molar-refractivity contribution is 5.76. The fourth-order valence-corrected chi connectivity index (χ4v) is 2.74. The lowest BCUT2D eigenvalue weighted by atomic mass is 10.0. The molecule has 1 aromatic carbocycles. The fourth-order valence-electron chi connectivity index (χ4n) is 2.74. The number of carbonyl (C=O) groups is 1. The molecule has 2 heterocycles. The van der Waals surface area contributed by atoms with Gasteiger partial charge in [0.25, 0.3) is 0 Å². The maximum absolute atomic E-state index is 11.3. The third kappa shape index (κ3) is 2.27. The molecule has 1 saturated heterocycles. The van der Waals surface area contributed by atoms with Gasteiger partial charge >= 0.3 is 0 Å². The Morgan fingerprint density at radius 1 is 1.40 bits per heavy atom. The first-order valence-electron chi connectivity index (χ1n) is 6.89. The number of aryl methyl sites for hydroxylation is 2. The van der Waals surface area contributed by atoms with Gasteiger partial charge in [-0.2, -0.15) is 5.10 Å². The molecule has 0 N–H and O–H groups in total. The van der Waals surface area contributed by atoms with E-state index in [4.69, 9.17) is 4.74 Å². The molecule has 0 spiro atoms. The maximum atomic E-state index is 11.3. The second-order valence-electron chi connectivity index (χ2n) is 5.38. The highest BCUT2D eigenvalue weighted by Crippen LogP contribution is 2.27. The third-order valence-corrected chi connectivity index (χ3v) is 3.82. The largest absolute Gasteiger partial charge is 0.381 e. The number of hydrogen-bond donors (Lipinski definition) is 0. The molecule has 0 aliphatic carbocycles. The molecule has 0 saturated carbocycles. The molecule has 3 rings (SSSR count). The van der Waals surface area contributed by atoms with Crippen LogP contribution in [0.3, 0.4) is 0 Å². The van der Waals surface area contributed by atoms with E-state index in [-0.39, 0.29) is 5.92 Å². The molecule has 104 valence electrons. The second-order valence-corrected chi connectivity index (χ2v) is 5.38. The highest BCUT2D eigenvalue weighted by Gasteiger charge is 2.24. The number of hydrogen-bond acceptors (Lipinski definition) is 3. The van der Waals surface area contributed by atoms with Crippen molar-refractivity contribution in [3.63, 3.8) is 0 Å². The van der Waals surface area contributed by atoms with Gasteiger partial charge in [-0.15, -0.1) is 0 Å². The summed E-state index contributed by atoms with van der Waals surface area (Å²) in [4.78, 5) is 11.3. The Bertz CT molecular complexity index is 640. The van der Waals surface area contributed by atoms with Crippen molar-refractivity contribution in [2.75, 3.05) is 13.2 Å². The highest BCUT2D eigenvalue weighted by atomic mass is 16.5. The van der Waals surface area contributed by atoms with Crippen molar-refractivity contribution in [1.29, 1.82) is 0 Å². The molecule has 0 amide bonds. The summed E-state index contributed by atoms with van der Waals surface area (Å²) in [7, 11) is 0. The standard InChI is InChI=1S/C16H18N2O2/c1-11-3-4-15(12(2)7-11)18-8-14(9-19)16(17-18)13-5-6-20-10-13/h3-4,7-9,13H,5-6,10H2,1-2H3. The van der Waals surface area contributed by atoms with Crippen molar-refractivity contribution < 1.29 is 9.53 Å². The van der Waals surface area contributed by atoms with Crippen LogP contribution < -0.4 is 0 Å². The number of carbonyl (C=O) groups excluding carboxylic acids is 1. The van der Waals surface area contributed by atoms with Crippen LogP contribution in [0.4, 0.5) is 0 Å². The predicted octanol–water partition coefficient (Wildman–Crippen LogP) is 2.81. The monoisotopic (exact) mass is 270 g/mol. The van der Waals surface area contributed by atoms with E-state index < -0.39 is 0 Å². The van der Waals surface area contributed by atoms with Crippen LogP contribution >= 0.6 is 0 Å². The predicted molar refractivity (Wildman–Crippen MR) is 76.6 cm³/mol. The van der Waals surface area contributed by atoms with Gasteiger partial charge < -0.3 is 4.74 Å². The van der Waals surface area contributed by atoms with Crippen LogP contribution in [0.2, 0.25) is 0 Å². The summed E-state index contributed by atoms with van der Waals surface area (Å²) < 4.78 is 7.21. The van der Waals surface area contributed by atoms with E-state index in [9.17, 15) is 4.79 Å². The first-order chi connectivity index (χ1) is 9.69. The first-order valence-corrected chi connectivity index (χ1v) is 6.89. The molecule has 1 fully saturated rings. The second kappa shape index (κ2) is 5.21. The van der Waals surface area contributed by atoms with Crippen LogP contribution in [-0.2, 0) is 4.74 Å². The van der Waals surface area contributed by atoms with Gasteiger partial charge in [-0.05, 0) is 31.9 Å². The van der Waals surface area contributed by atoms with Crippen molar-refractivity contribution in [3.05, 3.63) is 46.8 Å². The Morgan fingerprint density at radius 2 is 2.25 bits per heavy atom. The molecule has 0 bridgehead atoms. The minimum atomic E-state index is 0.238. The van der Waals surface area contributed by atoms with Crippen molar-refractivity contribution in [3.8, 4) is 5.69 Å². The molecule has 1 atom stereocenters. The number of aromatic nitrogens is 2. The molecule has 4 heteroatoms. The topological polar surface area (TPSA) is 44.1 Å². The molecular formula is C16H18N2O2. The fraction of sp³-hybridized carbons (Fsp3) is 0.375. The zero-order valence-corrected chi connectivity index (χ0v) is 11.8. The van der Waals surface area contributed by atoms with Gasteiger partial charge in [0.05, 0.1) is 23.6 Å². The summed E-state index contributed by atoms with van der Waals surface area (Å²) in [6.07, 6.45) is 3.64. The van der Waals surface area contributed by atoms with Gasteiger partial charge in [0.1, 0.15) is 0 Å². The van der Waals surface area contributed by atoms with Gasteiger partial charge in [0.15, 0.2) is 6.29 Å².